The number of benzene rings is 1. The fraction of sp³-hybridized carbons (Fsp3) is 0.462. The first kappa shape index (κ1) is 15.9. The number of carbonyl (C=O) groups excluding carboxylic acids is 1. The van der Waals surface area contributed by atoms with Gasteiger partial charge in [0.05, 0.1) is 10.5 Å². The topological polar surface area (TPSA) is 104 Å². The molecule has 0 heterocycles. The summed E-state index contributed by atoms with van der Waals surface area (Å²) >= 11 is 0. The number of hydrogen-bond acceptors (Lipinski definition) is 4. The second-order valence-electron chi connectivity index (χ2n) is 4.55. The largest absolute Gasteiger partial charge is 0.388 e. The Hall–Kier alpha value is -2.15. The quantitative estimate of drug-likeness (QED) is 0.549. The number of urea groups is 1. The van der Waals surface area contributed by atoms with Gasteiger partial charge in [0.1, 0.15) is 0 Å². The van der Waals surface area contributed by atoms with E-state index in [-0.39, 0.29) is 12.2 Å². The van der Waals surface area contributed by atoms with Crippen LogP contribution in [-0.2, 0) is 0 Å². The highest BCUT2D eigenvalue weighted by Gasteiger charge is 2.22. The van der Waals surface area contributed by atoms with Crippen molar-refractivity contribution in [2.75, 3.05) is 11.9 Å². The Morgan fingerprint density at radius 2 is 2.05 bits per heavy atom. The summed E-state index contributed by atoms with van der Waals surface area (Å²) in [6.45, 7) is 3.80. The average Bonchev–Trinajstić information content (AvgIpc) is 2.45. The molecule has 0 atom stereocenters. The van der Waals surface area contributed by atoms with Crippen molar-refractivity contribution in [3.8, 4) is 0 Å². The van der Waals surface area contributed by atoms with Gasteiger partial charge in [-0.25, -0.2) is 4.79 Å². The van der Waals surface area contributed by atoms with E-state index in [1.807, 2.05) is 13.8 Å². The number of non-ortho nitro benzene ring substituents is 1. The summed E-state index contributed by atoms with van der Waals surface area (Å²) in [5, 5.41) is 25.7. The van der Waals surface area contributed by atoms with Crippen LogP contribution in [0.25, 0.3) is 0 Å². The van der Waals surface area contributed by atoms with Gasteiger partial charge in [-0.2, -0.15) is 0 Å². The van der Waals surface area contributed by atoms with E-state index < -0.39 is 16.6 Å². The second kappa shape index (κ2) is 6.85. The van der Waals surface area contributed by atoms with Crippen LogP contribution in [0.1, 0.15) is 26.7 Å². The minimum atomic E-state index is -0.931. The molecule has 1 aromatic carbocycles. The number of hydrogen-bond donors (Lipinski definition) is 3. The van der Waals surface area contributed by atoms with Gasteiger partial charge in [0.15, 0.2) is 0 Å². The third kappa shape index (κ3) is 4.51. The fourth-order valence-corrected chi connectivity index (χ4v) is 1.62. The summed E-state index contributed by atoms with van der Waals surface area (Å²) < 4.78 is 0. The number of aliphatic hydroxyl groups is 1. The molecular formula is C13H19N3O4. The van der Waals surface area contributed by atoms with E-state index in [1.54, 1.807) is 6.07 Å². The van der Waals surface area contributed by atoms with Gasteiger partial charge in [-0.1, -0.05) is 19.9 Å². The summed E-state index contributed by atoms with van der Waals surface area (Å²) in [5.74, 6) is 0. The zero-order valence-corrected chi connectivity index (χ0v) is 11.5. The normalized spacial score (nSPS) is 10.9. The van der Waals surface area contributed by atoms with Crippen molar-refractivity contribution in [3.63, 3.8) is 0 Å². The number of nitro benzene ring substituents is 1. The third-order valence-corrected chi connectivity index (χ3v) is 3.21. The van der Waals surface area contributed by atoms with Gasteiger partial charge in [-0.05, 0) is 18.9 Å². The van der Waals surface area contributed by atoms with Crippen molar-refractivity contribution in [3.05, 3.63) is 34.4 Å². The minimum Gasteiger partial charge on any atom is -0.388 e. The van der Waals surface area contributed by atoms with E-state index in [2.05, 4.69) is 10.6 Å². The number of nitrogens with one attached hydrogen (secondary N) is 2. The van der Waals surface area contributed by atoms with Gasteiger partial charge in [0, 0.05) is 24.4 Å². The van der Waals surface area contributed by atoms with E-state index in [0.29, 0.717) is 18.5 Å². The van der Waals surface area contributed by atoms with E-state index >= 15 is 0 Å². The van der Waals surface area contributed by atoms with Crippen molar-refractivity contribution < 1.29 is 14.8 Å². The van der Waals surface area contributed by atoms with Crippen LogP contribution in [-0.4, -0.2) is 28.2 Å². The Morgan fingerprint density at radius 3 is 2.60 bits per heavy atom. The van der Waals surface area contributed by atoms with Crippen molar-refractivity contribution in [1.82, 2.24) is 5.32 Å². The molecule has 3 N–H and O–H groups in total. The molecule has 0 aliphatic heterocycles. The van der Waals surface area contributed by atoms with Crippen molar-refractivity contribution in [2.45, 2.75) is 32.3 Å². The molecule has 0 radical (unpaired) electrons. The molecule has 110 valence electrons. The van der Waals surface area contributed by atoms with Gasteiger partial charge in [0.25, 0.3) is 5.69 Å². The van der Waals surface area contributed by atoms with Crippen LogP contribution in [0, 0.1) is 10.1 Å². The maximum absolute atomic E-state index is 11.7. The molecule has 0 saturated carbocycles. The fourth-order valence-electron chi connectivity index (χ4n) is 1.62. The van der Waals surface area contributed by atoms with E-state index in [9.17, 15) is 20.0 Å². The molecule has 2 amide bonds. The second-order valence-corrected chi connectivity index (χ2v) is 4.55. The molecule has 0 spiro atoms. The first-order chi connectivity index (χ1) is 9.40. The van der Waals surface area contributed by atoms with Crippen molar-refractivity contribution >= 4 is 17.4 Å². The molecule has 1 rings (SSSR count). The lowest BCUT2D eigenvalue weighted by atomic mass is 9.98. The van der Waals surface area contributed by atoms with E-state index in [1.165, 1.54) is 18.2 Å². The lowest BCUT2D eigenvalue weighted by molar-refractivity contribution is -0.384. The van der Waals surface area contributed by atoms with E-state index in [4.69, 9.17) is 0 Å². The summed E-state index contributed by atoms with van der Waals surface area (Å²) in [7, 11) is 0. The molecule has 7 heteroatoms. The Labute approximate surface area is 117 Å². The molecule has 0 aliphatic rings. The van der Waals surface area contributed by atoms with Gasteiger partial charge < -0.3 is 15.7 Å². The van der Waals surface area contributed by atoms with Crippen LogP contribution in [0.3, 0.4) is 0 Å². The zero-order chi connectivity index (χ0) is 15.2. The van der Waals surface area contributed by atoms with Crippen LogP contribution in [0.15, 0.2) is 24.3 Å². The number of amides is 2. The molecule has 1 aromatic rings. The predicted octanol–water partition coefficient (Wildman–Crippen LogP) is 2.27. The van der Waals surface area contributed by atoms with Gasteiger partial charge in [-0.15, -0.1) is 0 Å². The number of nitro groups is 1. The number of nitrogens with zero attached hydrogens (tertiary/aromatic N) is 1. The molecule has 0 aromatic heterocycles. The maximum Gasteiger partial charge on any atom is 0.319 e. The Kier molecular flexibility index (Phi) is 5.45. The van der Waals surface area contributed by atoms with Crippen LogP contribution >= 0.6 is 0 Å². The number of rotatable bonds is 6. The first-order valence-corrected chi connectivity index (χ1v) is 6.42. The van der Waals surface area contributed by atoms with Gasteiger partial charge in [-0.3, -0.25) is 10.1 Å². The molecule has 0 aliphatic carbocycles. The molecule has 0 saturated heterocycles. The summed E-state index contributed by atoms with van der Waals surface area (Å²) in [6, 6.07) is 5.15. The Bertz CT molecular complexity index is 486. The molecule has 20 heavy (non-hydrogen) atoms. The predicted molar refractivity (Wildman–Crippen MR) is 75.6 cm³/mol. The standard InChI is InChI=1S/C13H19N3O4/c1-3-13(18,4-2)9-14-12(17)15-10-6-5-7-11(8-10)16(19)20/h5-8,18H,3-4,9H2,1-2H3,(H2,14,15,17). The number of carbonyl (C=O) groups is 1. The molecule has 0 fully saturated rings. The molecule has 7 nitrogen and oxygen atoms in total. The highest BCUT2D eigenvalue weighted by Crippen LogP contribution is 2.17. The SMILES string of the molecule is CCC(O)(CC)CNC(=O)Nc1cccc([N+](=O)[O-])c1. The average molecular weight is 281 g/mol. The van der Waals surface area contributed by atoms with E-state index in [0.717, 1.165) is 0 Å². The van der Waals surface area contributed by atoms with Crippen LogP contribution < -0.4 is 10.6 Å². The molecule has 0 unspecified atom stereocenters. The Morgan fingerprint density at radius 1 is 1.40 bits per heavy atom. The zero-order valence-electron chi connectivity index (χ0n) is 11.5. The smallest absolute Gasteiger partial charge is 0.319 e. The highest BCUT2D eigenvalue weighted by molar-refractivity contribution is 5.89. The summed E-state index contributed by atoms with van der Waals surface area (Å²) in [4.78, 5) is 21.8. The maximum atomic E-state index is 11.7. The van der Waals surface area contributed by atoms with Gasteiger partial charge in [0.2, 0.25) is 0 Å². The highest BCUT2D eigenvalue weighted by atomic mass is 16.6. The Balaban J connectivity index is 2.59. The van der Waals surface area contributed by atoms with Crippen LogP contribution in [0.4, 0.5) is 16.2 Å². The molecule has 0 bridgehead atoms. The van der Waals surface area contributed by atoms with Crippen molar-refractivity contribution in [1.29, 1.82) is 0 Å². The lowest BCUT2D eigenvalue weighted by Crippen LogP contribution is -2.43. The summed E-state index contributed by atoms with van der Waals surface area (Å²) in [5.41, 5.74) is -0.699. The van der Waals surface area contributed by atoms with Crippen molar-refractivity contribution in [2.24, 2.45) is 0 Å². The number of anilines is 1. The minimum absolute atomic E-state index is 0.0959. The monoisotopic (exact) mass is 281 g/mol. The van der Waals surface area contributed by atoms with Gasteiger partial charge >= 0.3 is 6.03 Å². The van der Waals surface area contributed by atoms with Crippen LogP contribution in [0.5, 0.6) is 0 Å². The third-order valence-electron chi connectivity index (χ3n) is 3.21. The molecular weight excluding hydrogens is 262 g/mol. The summed E-state index contributed by atoms with van der Waals surface area (Å²) in [6.07, 6.45) is 1.06. The van der Waals surface area contributed by atoms with Crippen LogP contribution in [0.2, 0.25) is 0 Å². The lowest BCUT2D eigenvalue weighted by Gasteiger charge is -2.25. The first-order valence-electron chi connectivity index (χ1n) is 6.42.